The second-order valence-electron chi connectivity index (χ2n) is 4.42. The second kappa shape index (κ2) is 4.75. The summed E-state index contributed by atoms with van der Waals surface area (Å²) in [5.41, 5.74) is 1.45. The van der Waals surface area contributed by atoms with Gasteiger partial charge in [0.05, 0.1) is 9.90 Å². The lowest BCUT2D eigenvalue weighted by molar-refractivity contribution is 0.0703. The number of fused-ring (bicyclic) bond motifs is 3. The van der Waals surface area contributed by atoms with Gasteiger partial charge in [-0.1, -0.05) is 18.2 Å². The van der Waals surface area contributed by atoms with Gasteiger partial charge in [-0.05, 0) is 12.3 Å². The number of rotatable bonds is 2. The van der Waals surface area contributed by atoms with Crippen LogP contribution in [0.2, 0.25) is 0 Å². The molecule has 0 saturated carbocycles. The summed E-state index contributed by atoms with van der Waals surface area (Å²) in [4.78, 5) is 11.7. The zero-order valence-electron chi connectivity index (χ0n) is 11.2. The minimum Gasteiger partial charge on any atom is -0.477 e. The lowest BCUT2D eigenvalue weighted by Gasteiger charge is -2.28. The highest BCUT2D eigenvalue weighted by Gasteiger charge is 2.39. The molecule has 1 aromatic heterocycles. The fourth-order valence-electron chi connectivity index (χ4n) is 2.39. The van der Waals surface area contributed by atoms with Crippen LogP contribution in [0.4, 0.5) is 5.69 Å². The Bertz CT molecular complexity index is 854. The van der Waals surface area contributed by atoms with Crippen molar-refractivity contribution in [1.82, 2.24) is 0 Å². The number of carbonyl (C=O) groups is 1. The smallest absolute Gasteiger partial charge is 0.346 e. The summed E-state index contributed by atoms with van der Waals surface area (Å²) >= 11 is 2.26. The van der Waals surface area contributed by atoms with E-state index in [9.17, 15) is 18.3 Å². The molecule has 1 aliphatic heterocycles. The van der Waals surface area contributed by atoms with Crippen LogP contribution in [0.3, 0.4) is 0 Å². The van der Waals surface area contributed by atoms with Gasteiger partial charge in [-0.2, -0.15) is 0 Å². The Hall–Kier alpha value is -1.51. The van der Waals surface area contributed by atoms with Gasteiger partial charge < -0.3 is 5.11 Å². The minimum absolute atomic E-state index is 0.0680. The number of sulfonamides is 1. The molecule has 110 valence electrons. The van der Waals surface area contributed by atoms with Crippen molar-refractivity contribution >= 4 is 44.8 Å². The third-order valence-corrected chi connectivity index (χ3v) is 7.74. The molecule has 0 atom stereocenters. The first-order valence-electron chi connectivity index (χ1n) is 5.92. The fraction of sp³-hybridized carbons (Fsp3) is 0.154. The molecule has 0 fully saturated rings. The van der Waals surface area contributed by atoms with Crippen LogP contribution >= 0.6 is 23.1 Å². The molecule has 3 rings (SSSR count). The topological polar surface area (TPSA) is 74.7 Å². The first kappa shape index (κ1) is 14.4. The number of hydrogen-bond acceptors (Lipinski definition) is 5. The summed E-state index contributed by atoms with van der Waals surface area (Å²) in [5.74, 6) is -1.11. The van der Waals surface area contributed by atoms with Gasteiger partial charge in [0.1, 0.15) is 9.77 Å². The standard InChI is InChI=1S/C13H11NO4S3/c1-14-8-6-4-3-5-7(8)9-10(12(15)16)20-13(19-2)11(9)21(14,17)18/h3-6H,1-2H3,(H,15,16). The lowest BCUT2D eigenvalue weighted by atomic mass is 10.0. The first-order chi connectivity index (χ1) is 9.89. The van der Waals surface area contributed by atoms with Crippen LogP contribution in [-0.4, -0.2) is 32.8 Å². The van der Waals surface area contributed by atoms with Crippen LogP contribution in [0.5, 0.6) is 0 Å². The molecule has 0 saturated heterocycles. The summed E-state index contributed by atoms with van der Waals surface area (Å²) in [6.07, 6.45) is 1.74. The van der Waals surface area contributed by atoms with Crippen molar-refractivity contribution in [1.29, 1.82) is 0 Å². The minimum atomic E-state index is -3.73. The molecule has 1 N–H and O–H groups in total. The van der Waals surface area contributed by atoms with Crippen molar-refractivity contribution in [2.24, 2.45) is 0 Å². The molecule has 0 radical (unpaired) electrons. The van der Waals surface area contributed by atoms with E-state index >= 15 is 0 Å². The van der Waals surface area contributed by atoms with E-state index in [4.69, 9.17) is 0 Å². The highest BCUT2D eigenvalue weighted by Crippen LogP contribution is 2.51. The Morgan fingerprint density at radius 1 is 1.33 bits per heavy atom. The predicted octanol–water partition coefficient (Wildman–Crippen LogP) is 2.97. The van der Waals surface area contributed by atoms with E-state index in [0.29, 0.717) is 21.0 Å². The molecule has 0 unspecified atom stereocenters. The summed E-state index contributed by atoms with van der Waals surface area (Å²) < 4.78 is 27.1. The highest BCUT2D eigenvalue weighted by molar-refractivity contribution is 8.01. The molecule has 2 heterocycles. The zero-order chi connectivity index (χ0) is 15.4. The molecular weight excluding hydrogens is 330 g/mol. The average Bonchev–Trinajstić information content (AvgIpc) is 2.86. The highest BCUT2D eigenvalue weighted by atomic mass is 32.2. The number of anilines is 1. The third kappa shape index (κ3) is 1.90. The molecule has 8 heteroatoms. The number of aromatic carboxylic acids is 1. The van der Waals surface area contributed by atoms with Crippen molar-refractivity contribution in [2.45, 2.75) is 9.10 Å². The number of thioether (sulfide) groups is 1. The van der Waals surface area contributed by atoms with E-state index in [1.807, 2.05) is 0 Å². The van der Waals surface area contributed by atoms with E-state index in [2.05, 4.69) is 0 Å². The van der Waals surface area contributed by atoms with E-state index in [1.165, 1.54) is 23.1 Å². The van der Waals surface area contributed by atoms with Crippen LogP contribution in [0.15, 0.2) is 33.4 Å². The van der Waals surface area contributed by atoms with E-state index in [0.717, 1.165) is 11.3 Å². The summed E-state index contributed by atoms with van der Waals surface area (Å²) in [6.45, 7) is 0. The molecule has 5 nitrogen and oxygen atoms in total. The number of carboxylic acid groups (broad SMARTS) is 1. The van der Waals surface area contributed by atoms with E-state index in [1.54, 1.807) is 30.5 Å². The molecule has 1 aromatic carbocycles. The maximum atomic E-state index is 12.7. The van der Waals surface area contributed by atoms with Crippen molar-refractivity contribution in [3.63, 3.8) is 0 Å². The molecule has 21 heavy (non-hydrogen) atoms. The van der Waals surface area contributed by atoms with Gasteiger partial charge in [-0.15, -0.1) is 23.1 Å². The SMILES string of the molecule is CSc1sc(C(=O)O)c2c1S(=O)(=O)N(C)c1ccccc1-2. The van der Waals surface area contributed by atoms with Gasteiger partial charge in [0.25, 0.3) is 10.0 Å². The maximum absolute atomic E-state index is 12.7. The molecular formula is C13H11NO4S3. The molecule has 0 aliphatic carbocycles. The van der Waals surface area contributed by atoms with Gasteiger partial charge >= 0.3 is 5.97 Å². The average molecular weight is 341 g/mol. The van der Waals surface area contributed by atoms with Gasteiger partial charge in [-0.25, -0.2) is 13.2 Å². The van der Waals surface area contributed by atoms with Gasteiger partial charge in [0.2, 0.25) is 0 Å². The molecule has 0 spiro atoms. The Morgan fingerprint density at radius 3 is 2.62 bits per heavy atom. The Kier molecular flexibility index (Phi) is 3.27. The molecule has 0 bridgehead atoms. The van der Waals surface area contributed by atoms with Crippen molar-refractivity contribution in [2.75, 3.05) is 17.6 Å². The first-order valence-corrected chi connectivity index (χ1v) is 9.40. The number of nitrogens with zero attached hydrogens (tertiary/aromatic N) is 1. The Balaban J connectivity index is 2.51. The van der Waals surface area contributed by atoms with Crippen LogP contribution < -0.4 is 4.31 Å². The van der Waals surface area contributed by atoms with Crippen molar-refractivity contribution in [3.8, 4) is 11.1 Å². The maximum Gasteiger partial charge on any atom is 0.346 e. The molecule has 0 amide bonds. The fourth-order valence-corrected chi connectivity index (χ4v) is 6.48. The van der Waals surface area contributed by atoms with Gasteiger partial charge in [0.15, 0.2) is 0 Å². The summed E-state index contributed by atoms with van der Waals surface area (Å²) in [6, 6.07) is 6.94. The van der Waals surface area contributed by atoms with Crippen molar-refractivity contribution < 1.29 is 18.3 Å². The van der Waals surface area contributed by atoms with Crippen LogP contribution in [0, 0.1) is 0 Å². The van der Waals surface area contributed by atoms with Gasteiger partial charge in [0, 0.05) is 18.2 Å². The predicted molar refractivity (Wildman–Crippen MR) is 84.1 cm³/mol. The van der Waals surface area contributed by atoms with Crippen LogP contribution in [0.25, 0.3) is 11.1 Å². The van der Waals surface area contributed by atoms with Gasteiger partial charge in [-0.3, -0.25) is 4.31 Å². The summed E-state index contributed by atoms with van der Waals surface area (Å²) in [7, 11) is -2.24. The van der Waals surface area contributed by atoms with Crippen LogP contribution in [0.1, 0.15) is 9.67 Å². The number of carboxylic acids is 1. The number of hydrogen-bond donors (Lipinski definition) is 1. The zero-order valence-corrected chi connectivity index (χ0v) is 13.6. The number of benzene rings is 1. The Labute approximate surface area is 130 Å². The third-order valence-electron chi connectivity index (χ3n) is 3.35. The molecule has 1 aliphatic rings. The van der Waals surface area contributed by atoms with E-state index < -0.39 is 16.0 Å². The second-order valence-corrected chi connectivity index (χ2v) is 8.42. The van der Waals surface area contributed by atoms with Crippen LogP contribution in [-0.2, 0) is 10.0 Å². The van der Waals surface area contributed by atoms with E-state index in [-0.39, 0.29) is 9.77 Å². The monoisotopic (exact) mass is 341 g/mol. The molecule has 2 aromatic rings. The normalized spacial score (nSPS) is 15.4. The largest absolute Gasteiger partial charge is 0.477 e. The number of para-hydroxylation sites is 1. The summed E-state index contributed by atoms with van der Waals surface area (Å²) in [5, 5.41) is 9.40. The lowest BCUT2D eigenvalue weighted by Crippen LogP contribution is -2.30. The number of thiophene rings is 1. The Morgan fingerprint density at radius 2 is 2.00 bits per heavy atom. The van der Waals surface area contributed by atoms with Crippen molar-refractivity contribution in [3.05, 3.63) is 29.1 Å². The quantitative estimate of drug-likeness (QED) is 0.850.